The normalized spacial score (nSPS) is 15.0. The average molecular weight is 176 g/mol. The maximum atomic E-state index is 3.15. The number of nitrogens with one attached hydrogen (secondary N) is 2. The standard InChI is InChI=1S/C8H20N2S/c1-7(10-9-5)6-11-8(2,3)4/h7,9-10H,6H2,1-5H3. The van der Waals surface area contributed by atoms with Crippen LogP contribution < -0.4 is 10.9 Å². The highest BCUT2D eigenvalue weighted by molar-refractivity contribution is 8.00. The van der Waals surface area contributed by atoms with Gasteiger partial charge in [0.1, 0.15) is 0 Å². The zero-order valence-corrected chi connectivity index (χ0v) is 9.01. The second-order valence-corrected chi connectivity index (χ2v) is 5.57. The number of hydrogen-bond donors (Lipinski definition) is 2. The predicted molar refractivity (Wildman–Crippen MR) is 53.9 cm³/mol. The van der Waals surface area contributed by atoms with Gasteiger partial charge in [0.05, 0.1) is 0 Å². The smallest absolute Gasteiger partial charge is 0.0275 e. The molecule has 0 fully saturated rings. The van der Waals surface area contributed by atoms with Gasteiger partial charge in [0, 0.05) is 16.5 Å². The van der Waals surface area contributed by atoms with Gasteiger partial charge in [-0.25, -0.2) is 0 Å². The molecule has 11 heavy (non-hydrogen) atoms. The lowest BCUT2D eigenvalue weighted by molar-refractivity contribution is 0.522. The van der Waals surface area contributed by atoms with Crippen LogP contribution in [-0.4, -0.2) is 23.6 Å². The molecule has 1 atom stereocenters. The molecule has 0 aromatic heterocycles. The molecule has 3 heteroatoms. The molecule has 0 aliphatic heterocycles. The summed E-state index contributed by atoms with van der Waals surface area (Å²) in [6, 6.07) is 0.532. The first-order valence-corrected chi connectivity index (χ1v) is 5.00. The Labute approximate surface area is 74.5 Å². The van der Waals surface area contributed by atoms with E-state index in [1.165, 1.54) is 0 Å². The van der Waals surface area contributed by atoms with Crippen molar-refractivity contribution in [2.24, 2.45) is 0 Å². The van der Waals surface area contributed by atoms with Crippen molar-refractivity contribution in [2.75, 3.05) is 12.8 Å². The second kappa shape index (κ2) is 5.01. The van der Waals surface area contributed by atoms with Crippen LogP contribution in [0, 0.1) is 0 Å². The van der Waals surface area contributed by atoms with Crippen LogP contribution in [0.3, 0.4) is 0 Å². The summed E-state index contributed by atoms with van der Waals surface area (Å²) in [5.74, 6) is 1.14. The summed E-state index contributed by atoms with van der Waals surface area (Å²) in [5, 5.41) is 0. The van der Waals surface area contributed by atoms with E-state index in [1.54, 1.807) is 0 Å². The molecule has 0 spiro atoms. The van der Waals surface area contributed by atoms with Crippen LogP contribution in [0.25, 0.3) is 0 Å². The third-order valence-corrected chi connectivity index (χ3v) is 2.69. The van der Waals surface area contributed by atoms with Crippen LogP contribution in [0.1, 0.15) is 27.7 Å². The van der Waals surface area contributed by atoms with E-state index >= 15 is 0 Å². The minimum atomic E-state index is 0.379. The monoisotopic (exact) mass is 176 g/mol. The summed E-state index contributed by atoms with van der Waals surface area (Å²) >= 11 is 1.98. The molecule has 0 aromatic carbocycles. The zero-order chi connectivity index (χ0) is 8.91. The number of rotatable bonds is 4. The molecule has 0 amide bonds. The van der Waals surface area contributed by atoms with Crippen LogP contribution in [0.4, 0.5) is 0 Å². The summed E-state index contributed by atoms with van der Waals surface area (Å²) in [4.78, 5) is 0. The van der Waals surface area contributed by atoms with Crippen LogP contribution in [0.5, 0.6) is 0 Å². The highest BCUT2D eigenvalue weighted by Crippen LogP contribution is 2.23. The van der Waals surface area contributed by atoms with Gasteiger partial charge in [0.15, 0.2) is 0 Å². The van der Waals surface area contributed by atoms with Gasteiger partial charge in [-0.3, -0.25) is 10.9 Å². The summed E-state index contributed by atoms with van der Waals surface area (Å²) in [5.41, 5.74) is 6.09. The highest BCUT2D eigenvalue weighted by atomic mass is 32.2. The van der Waals surface area contributed by atoms with Crippen LogP contribution in [-0.2, 0) is 0 Å². The van der Waals surface area contributed by atoms with E-state index in [0.29, 0.717) is 10.8 Å². The fourth-order valence-corrected chi connectivity index (χ4v) is 1.50. The molecule has 1 unspecified atom stereocenters. The second-order valence-electron chi connectivity index (χ2n) is 3.72. The lowest BCUT2D eigenvalue weighted by atomic mass is 10.3. The summed E-state index contributed by atoms with van der Waals surface area (Å²) in [6.45, 7) is 8.90. The Morgan fingerprint density at radius 1 is 1.36 bits per heavy atom. The Morgan fingerprint density at radius 2 is 1.91 bits per heavy atom. The lowest BCUT2D eigenvalue weighted by Gasteiger charge is -2.20. The van der Waals surface area contributed by atoms with E-state index < -0.39 is 0 Å². The van der Waals surface area contributed by atoms with Gasteiger partial charge in [-0.05, 0) is 14.0 Å². The predicted octanol–water partition coefficient (Wildman–Crippen LogP) is 1.63. The third-order valence-electron chi connectivity index (χ3n) is 1.16. The molecule has 0 aliphatic rings. The Morgan fingerprint density at radius 3 is 2.27 bits per heavy atom. The lowest BCUT2D eigenvalue weighted by Crippen LogP contribution is -2.38. The number of hydrogen-bond acceptors (Lipinski definition) is 3. The maximum absolute atomic E-state index is 3.15. The minimum absolute atomic E-state index is 0.379. The molecule has 0 radical (unpaired) electrons. The van der Waals surface area contributed by atoms with Crippen LogP contribution in [0.2, 0.25) is 0 Å². The minimum Gasteiger partial charge on any atom is -0.261 e. The zero-order valence-electron chi connectivity index (χ0n) is 8.19. The van der Waals surface area contributed by atoms with E-state index in [4.69, 9.17) is 0 Å². The molecule has 2 nitrogen and oxygen atoms in total. The first kappa shape index (κ1) is 11.3. The molecule has 0 aliphatic carbocycles. The van der Waals surface area contributed by atoms with Crippen molar-refractivity contribution in [1.82, 2.24) is 10.9 Å². The van der Waals surface area contributed by atoms with Gasteiger partial charge in [0.25, 0.3) is 0 Å². The van der Waals surface area contributed by atoms with Gasteiger partial charge in [-0.1, -0.05) is 20.8 Å². The summed E-state index contributed by atoms with van der Waals surface area (Å²) in [7, 11) is 1.90. The van der Waals surface area contributed by atoms with Crippen molar-refractivity contribution in [1.29, 1.82) is 0 Å². The highest BCUT2D eigenvalue weighted by Gasteiger charge is 2.11. The Balaban J connectivity index is 3.38. The molecule has 0 saturated carbocycles. The number of thioether (sulfide) groups is 1. The van der Waals surface area contributed by atoms with Crippen LogP contribution in [0.15, 0.2) is 0 Å². The molecule has 0 rings (SSSR count). The fraction of sp³-hybridized carbons (Fsp3) is 1.00. The van der Waals surface area contributed by atoms with Crippen molar-refractivity contribution >= 4 is 11.8 Å². The van der Waals surface area contributed by atoms with E-state index in [2.05, 4.69) is 38.5 Å². The van der Waals surface area contributed by atoms with Gasteiger partial charge < -0.3 is 0 Å². The first-order valence-electron chi connectivity index (χ1n) is 4.02. The summed E-state index contributed by atoms with van der Waals surface area (Å²) in [6.07, 6.45) is 0. The van der Waals surface area contributed by atoms with E-state index in [9.17, 15) is 0 Å². The SMILES string of the molecule is CNNC(C)CSC(C)(C)C. The van der Waals surface area contributed by atoms with Gasteiger partial charge in [0.2, 0.25) is 0 Å². The van der Waals surface area contributed by atoms with Crippen molar-refractivity contribution in [3.8, 4) is 0 Å². The Bertz CT molecular complexity index is 98.8. The van der Waals surface area contributed by atoms with Crippen LogP contribution >= 0.6 is 11.8 Å². The topological polar surface area (TPSA) is 24.1 Å². The molecular weight excluding hydrogens is 156 g/mol. The first-order chi connectivity index (χ1) is 4.95. The molecule has 2 N–H and O–H groups in total. The van der Waals surface area contributed by atoms with Crippen molar-refractivity contribution in [2.45, 2.75) is 38.5 Å². The third kappa shape index (κ3) is 8.17. The van der Waals surface area contributed by atoms with E-state index in [1.807, 2.05) is 18.8 Å². The van der Waals surface area contributed by atoms with Gasteiger partial charge in [-0.15, -0.1) is 0 Å². The van der Waals surface area contributed by atoms with E-state index in [-0.39, 0.29) is 0 Å². The molecular formula is C8H20N2S. The quantitative estimate of drug-likeness (QED) is 0.637. The molecule has 0 saturated heterocycles. The fourth-order valence-electron chi connectivity index (χ4n) is 0.663. The van der Waals surface area contributed by atoms with E-state index in [0.717, 1.165) is 5.75 Å². The summed E-state index contributed by atoms with van der Waals surface area (Å²) < 4.78 is 0.379. The molecule has 68 valence electrons. The largest absolute Gasteiger partial charge is 0.261 e. The van der Waals surface area contributed by atoms with Crippen molar-refractivity contribution in [3.63, 3.8) is 0 Å². The Kier molecular flexibility index (Phi) is 5.13. The van der Waals surface area contributed by atoms with Gasteiger partial charge >= 0.3 is 0 Å². The van der Waals surface area contributed by atoms with Crippen molar-refractivity contribution in [3.05, 3.63) is 0 Å². The van der Waals surface area contributed by atoms with Gasteiger partial charge in [-0.2, -0.15) is 11.8 Å². The molecule has 0 heterocycles. The Hall–Kier alpha value is 0.270. The maximum Gasteiger partial charge on any atom is 0.0275 e. The van der Waals surface area contributed by atoms with Crippen molar-refractivity contribution < 1.29 is 0 Å². The molecule has 0 aromatic rings. The molecule has 0 bridgehead atoms. The number of hydrazine groups is 1. The average Bonchev–Trinajstić information content (AvgIpc) is 1.83.